The molecule has 0 atom stereocenters. The Morgan fingerprint density at radius 1 is 1.20 bits per heavy atom. The van der Waals surface area contributed by atoms with Crippen molar-refractivity contribution in [3.8, 4) is 11.4 Å². The Labute approximate surface area is 199 Å². The van der Waals surface area contributed by atoms with Gasteiger partial charge in [0.15, 0.2) is 5.65 Å². The zero-order valence-corrected chi connectivity index (χ0v) is 18.8. The molecule has 3 aromatic heterocycles. The first-order valence-electron chi connectivity index (χ1n) is 10.7. The van der Waals surface area contributed by atoms with Gasteiger partial charge >= 0.3 is 6.18 Å². The summed E-state index contributed by atoms with van der Waals surface area (Å²) in [7, 11) is 0. The van der Waals surface area contributed by atoms with Gasteiger partial charge in [-0.25, -0.2) is 18.7 Å². The average Bonchev–Trinajstić information content (AvgIpc) is 2.81. The summed E-state index contributed by atoms with van der Waals surface area (Å²) in [5.74, 6) is 0. The summed E-state index contributed by atoms with van der Waals surface area (Å²) in [5, 5.41) is 3.61. The van der Waals surface area contributed by atoms with E-state index in [4.69, 9.17) is 4.74 Å². The predicted molar refractivity (Wildman–Crippen MR) is 125 cm³/mol. The molecule has 0 aromatic carbocycles. The Kier molecular flexibility index (Phi) is 8.64. The van der Waals surface area contributed by atoms with Crippen molar-refractivity contribution < 1.29 is 26.7 Å². The van der Waals surface area contributed by atoms with Crippen molar-refractivity contribution >= 4 is 16.7 Å². The van der Waals surface area contributed by atoms with Crippen LogP contribution in [0.25, 0.3) is 22.4 Å². The minimum absolute atomic E-state index is 0.0400. The summed E-state index contributed by atoms with van der Waals surface area (Å²) in [6, 6.07) is 7.59. The Morgan fingerprint density at radius 3 is 2.69 bits per heavy atom. The first-order valence-corrected chi connectivity index (χ1v) is 10.7. The maximum Gasteiger partial charge on any atom is 0.392 e. The van der Waals surface area contributed by atoms with Crippen LogP contribution in [0.1, 0.15) is 31.0 Å². The number of rotatable bonds is 10. The average molecular weight is 490 g/mol. The van der Waals surface area contributed by atoms with Crippen LogP contribution in [0, 0.1) is 0 Å². The highest BCUT2D eigenvalue weighted by atomic mass is 19.4. The number of alkyl halides is 5. The summed E-state index contributed by atoms with van der Waals surface area (Å²) < 4.78 is 70.1. The molecule has 0 saturated heterocycles. The summed E-state index contributed by atoms with van der Waals surface area (Å²) in [4.78, 5) is 13.0. The number of halogens is 5. The predicted octanol–water partition coefficient (Wildman–Crippen LogP) is 7.16. The third-order valence-electron chi connectivity index (χ3n) is 4.72. The van der Waals surface area contributed by atoms with Gasteiger partial charge in [-0.3, -0.25) is 4.98 Å². The van der Waals surface area contributed by atoms with Gasteiger partial charge in [0.05, 0.1) is 35.8 Å². The van der Waals surface area contributed by atoms with Crippen LogP contribution in [0.3, 0.4) is 0 Å². The fourth-order valence-corrected chi connectivity index (χ4v) is 3.22. The lowest BCUT2D eigenvalue weighted by Gasteiger charge is -2.14. The number of nitrogens with zero attached hydrogens (tertiary/aromatic N) is 3. The van der Waals surface area contributed by atoms with E-state index in [2.05, 4.69) is 26.8 Å². The van der Waals surface area contributed by atoms with Crippen molar-refractivity contribution in [3.05, 3.63) is 84.4 Å². The molecule has 0 bridgehead atoms. The molecule has 3 heterocycles. The van der Waals surface area contributed by atoms with Gasteiger partial charge in [-0.2, -0.15) is 13.2 Å². The number of aromatic nitrogens is 3. The molecule has 10 heteroatoms. The van der Waals surface area contributed by atoms with E-state index >= 15 is 0 Å². The van der Waals surface area contributed by atoms with Crippen LogP contribution in [0.4, 0.5) is 27.6 Å². The molecule has 0 aliphatic heterocycles. The minimum Gasteiger partial charge on any atom is -0.375 e. The molecular formula is C25H23F5N4O. The molecule has 5 nitrogen and oxygen atoms in total. The van der Waals surface area contributed by atoms with Gasteiger partial charge < -0.3 is 10.1 Å². The molecule has 0 saturated carbocycles. The topological polar surface area (TPSA) is 59.9 Å². The molecule has 184 valence electrons. The first-order chi connectivity index (χ1) is 16.7. The second-order valence-corrected chi connectivity index (χ2v) is 7.31. The van der Waals surface area contributed by atoms with E-state index in [1.54, 1.807) is 18.2 Å². The first kappa shape index (κ1) is 26.0. The zero-order valence-electron chi connectivity index (χ0n) is 18.8. The van der Waals surface area contributed by atoms with E-state index in [0.717, 1.165) is 6.08 Å². The lowest BCUT2D eigenvalue weighted by atomic mass is 10.1. The molecule has 1 N–H and O–H groups in total. The summed E-state index contributed by atoms with van der Waals surface area (Å²) in [6.07, 6.45) is -1.49. The van der Waals surface area contributed by atoms with Gasteiger partial charge in [-0.15, -0.1) is 0 Å². The Morgan fingerprint density at radius 2 is 2.00 bits per heavy atom. The van der Waals surface area contributed by atoms with Crippen molar-refractivity contribution in [1.82, 2.24) is 15.0 Å². The molecule has 3 aromatic rings. The summed E-state index contributed by atoms with van der Waals surface area (Å²) in [5.41, 5.74) is 1.60. The maximum absolute atomic E-state index is 13.5. The lowest BCUT2D eigenvalue weighted by molar-refractivity contribution is -0.125. The van der Waals surface area contributed by atoms with Crippen LogP contribution in [0.15, 0.2) is 73.1 Å². The summed E-state index contributed by atoms with van der Waals surface area (Å²) >= 11 is 0. The van der Waals surface area contributed by atoms with Gasteiger partial charge in [0, 0.05) is 29.5 Å². The molecule has 0 unspecified atom stereocenters. The Balaban J connectivity index is 2.07. The number of anilines is 1. The van der Waals surface area contributed by atoms with Gasteiger partial charge in [-0.05, 0) is 49.4 Å². The number of fused-ring (bicyclic) bond motifs is 1. The second kappa shape index (κ2) is 11.7. The molecule has 0 aliphatic rings. The van der Waals surface area contributed by atoms with Gasteiger partial charge in [0.2, 0.25) is 0 Å². The molecule has 0 spiro atoms. The van der Waals surface area contributed by atoms with E-state index in [1.807, 2.05) is 6.92 Å². The van der Waals surface area contributed by atoms with E-state index in [1.165, 1.54) is 36.6 Å². The second-order valence-electron chi connectivity index (χ2n) is 7.31. The highest BCUT2D eigenvalue weighted by Gasteiger charge is 2.24. The number of allylic oxidation sites excluding steroid dienone is 4. The SMILES string of the molecule is C=C/C=C(\C=C/CC(F)(F)F)Nc1cc(COCC)nc2nc(-c3ncccc3C(F)F)ccc12. The smallest absolute Gasteiger partial charge is 0.375 e. The van der Waals surface area contributed by atoms with Crippen LogP contribution in [-0.2, 0) is 11.3 Å². The minimum atomic E-state index is -4.33. The fraction of sp³-hybridized carbons (Fsp3) is 0.240. The van der Waals surface area contributed by atoms with E-state index < -0.39 is 19.0 Å². The quantitative estimate of drug-likeness (QED) is 0.241. The molecule has 0 aliphatic carbocycles. The van der Waals surface area contributed by atoms with Crippen molar-refractivity contribution in [2.24, 2.45) is 0 Å². The van der Waals surface area contributed by atoms with E-state index in [9.17, 15) is 22.0 Å². The van der Waals surface area contributed by atoms with Crippen molar-refractivity contribution in [3.63, 3.8) is 0 Å². The standard InChI is InChI=1S/C25H23F5N4O/c1-3-7-16(8-5-12-25(28,29)30)32-21-14-17(15-35-4-2)33-24-18(21)10-11-20(34-24)22-19(23(26)27)9-6-13-31-22/h3,5-11,13-14,23H,1,4,12,15H2,2H3,(H,32,33,34)/b8-5-,16-7+. The number of hydrogen-bond acceptors (Lipinski definition) is 5. The van der Waals surface area contributed by atoms with Gasteiger partial charge in [0.1, 0.15) is 0 Å². The summed E-state index contributed by atoms with van der Waals surface area (Å²) in [6.45, 7) is 6.01. The molecule has 3 rings (SSSR count). The Hall–Kier alpha value is -3.66. The van der Waals surface area contributed by atoms with Crippen molar-refractivity contribution in [2.75, 3.05) is 11.9 Å². The number of ether oxygens (including phenoxy) is 1. The number of nitrogens with one attached hydrogen (secondary N) is 1. The largest absolute Gasteiger partial charge is 0.392 e. The normalized spacial score (nSPS) is 12.6. The van der Waals surface area contributed by atoms with Crippen LogP contribution < -0.4 is 5.32 Å². The number of pyridine rings is 3. The zero-order chi connectivity index (χ0) is 25.4. The van der Waals surface area contributed by atoms with E-state index in [0.29, 0.717) is 29.1 Å². The van der Waals surface area contributed by atoms with Crippen LogP contribution >= 0.6 is 0 Å². The number of hydrogen-bond donors (Lipinski definition) is 1. The molecule has 35 heavy (non-hydrogen) atoms. The molecule has 0 amide bonds. The molecule has 0 fully saturated rings. The van der Waals surface area contributed by atoms with Crippen LogP contribution in [0.2, 0.25) is 0 Å². The monoisotopic (exact) mass is 490 g/mol. The Bertz CT molecular complexity index is 1240. The highest BCUT2D eigenvalue weighted by molar-refractivity contribution is 5.91. The van der Waals surface area contributed by atoms with Crippen molar-refractivity contribution in [1.29, 1.82) is 0 Å². The van der Waals surface area contributed by atoms with Crippen molar-refractivity contribution in [2.45, 2.75) is 32.6 Å². The third-order valence-corrected chi connectivity index (χ3v) is 4.72. The van der Waals surface area contributed by atoms with Crippen LogP contribution in [-0.4, -0.2) is 27.7 Å². The van der Waals surface area contributed by atoms with E-state index in [-0.39, 0.29) is 29.2 Å². The van der Waals surface area contributed by atoms with Crippen LogP contribution in [0.5, 0.6) is 0 Å². The maximum atomic E-state index is 13.5. The molecular weight excluding hydrogens is 467 g/mol. The lowest BCUT2D eigenvalue weighted by Crippen LogP contribution is -2.06. The fourth-order valence-electron chi connectivity index (χ4n) is 3.22. The third kappa shape index (κ3) is 7.16. The van der Waals surface area contributed by atoms with Gasteiger partial charge in [0.25, 0.3) is 6.43 Å². The molecule has 0 radical (unpaired) electrons. The highest BCUT2D eigenvalue weighted by Crippen LogP contribution is 2.31. The van der Waals surface area contributed by atoms with Gasteiger partial charge in [-0.1, -0.05) is 18.7 Å².